The molecule has 9 nitrogen and oxygen atoms in total. The highest BCUT2D eigenvalue weighted by Gasteiger charge is 2.23. The van der Waals surface area contributed by atoms with Crippen molar-refractivity contribution in [3.63, 3.8) is 0 Å². The van der Waals surface area contributed by atoms with E-state index < -0.39 is 21.8 Å². The van der Waals surface area contributed by atoms with Crippen LogP contribution < -0.4 is 4.72 Å². The number of likely N-dealkylation sites (N-methyl/N-ethyl adjacent to an activating group) is 1. The Kier molecular flexibility index (Phi) is 8.82. The van der Waals surface area contributed by atoms with Crippen molar-refractivity contribution >= 4 is 21.8 Å². The lowest BCUT2D eigenvalue weighted by Gasteiger charge is -2.18. The molecular weight excluding hydrogens is 437 g/mol. The zero-order valence-electron chi connectivity index (χ0n) is 19.0. The largest absolute Gasteiger partial charge is 0.395 e. The topological polar surface area (TPSA) is 117 Å². The van der Waals surface area contributed by atoms with Gasteiger partial charge >= 0.3 is 0 Å². The molecule has 0 fully saturated rings. The summed E-state index contributed by atoms with van der Waals surface area (Å²) in [6.45, 7) is 6.25. The summed E-state index contributed by atoms with van der Waals surface area (Å²) in [4.78, 5) is 16.5. The van der Waals surface area contributed by atoms with Gasteiger partial charge < -0.3 is 5.11 Å². The highest BCUT2D eigenvalue weighted by Crippen LogP contribution is 2.35. The second-order valence-electron chi connectivity index (χ2n) is 8.10. The van der Waals surface area contributed by atoms with E-state index >= 15 is 0 Å². The summed E-state index contributed by atoms with van der Waals surface area (Å²) >= 11 is 0. The summed E-state index contributed by atoms with van der Waals surface area (Å²) in [5.41, 5.74) is 1.96. The molecule has 0 amide bonds. The molecule has 1 aromatic carbocycles. The SMILES string of the molecule is CC(C)c1cc(F)cc(C(C)CNS(=O)(=O)c2cc(CN(C)CCO)n(C)n2)c1N=C=O. The molecule has 0 bridgehead atoms. The lowest BCUT2D eigenvalue weighted by atomic mass is 9.92. The number of rotatable bonds is 11. The summed E-state index contributed by atoms with van der Waals surface area (Å²) < 4.78 is 43.8. The number of hydrogen-bond donors (Lipinski definition) is 2. The van der Waals surface area contributed by atoms with Gasteiger partial charge in [0.2, 0.25) is 6.08 Å². The molecule has 176 valence electrons. The van der Waals surface area contributed by atoms with E-state index in [0.29, 0.717) is 35.6 Å². The van der Waals surface area contributed by atoms with E-state index in [-0.39, 0.29) is 24.1 Å². The number of aliphatic hydroxyl groups is 1. The smallest absolute Gasteiger partial charge is 0.259 e. The predicted molar refractivity (Wildman–Crippen MR) is 119 cm³/mol. The molecule has 1 unspecified atom stereocenters. The number of nitrogens with one attached hydrogen (secondary N) is 1. The quantitative estimate of drug-likeness (QED) is 0.386. The van der Waals surface area contributed by atoms with E-state index in [1.165, 1.54) is 29.0 Å². The van der Waals surface area contributed by atoms with Crippen LogP contribution in [0, 0.1) is 5.82 Å². The maximum atomic E-state index is 14.2. The number of aromatic nitrogens is 2. The van der Waals surface area contributed by atoms with Gasteiger partial charge in [0.1, 0.15) is 5.82 Å². The van der Waals surface area contributed by atoms with Gasteiger partial charge in [-0.15, -0.1) is 0 Å². The van der Waals surface area contributed by atoms with Gasteiger partial charge in [0, 0.05) is 32.7 Å². The molecule has 11 heteroatoms. The van der Waals surface area contributed by atoms with Gasteiger partial charge in [-0.1, -0.05) is 20.8 Å². The number of sulfonamides is 1. The minimum atomic E-state index is -3.93. The van der Waals surface area contributed by atoms with Gasteiger partial charge in [0.25, 0.3) is 10.0 Å². The molecule has 2 N–H and O–H groups in total. The first kappa shape index (κ1) is 25.8. The first-order valence-electron chi connectivity index (χ1n) is 10.2. The summed E-state index contributed by atoms with van der Waals surface area (Å²) in [6.07, 6.45) is 1.51. The number of aryl methyl sites for hydroxylation is 1. The highest BCUT2D eigenvalue weighted by molar-refractivity contribution is 7.89. The third kappa shape index (κ3) is 6.30. The van der Waals surface area contributed by atoms with E-state index in [4.69, 9.17) is 5.11 Å². The van der Waals surface area contributed by atoms with Crippen LogP contribution in [0.3, 0.4) is 0 Å². The van der Waals surface area contributed by atoms with Crippen molar-refractivity contribution < 1.29 is 22.7 Å². The van der Waals surface area contributed by atoms with E-state index in [0.717, 1.165) is 0 Å². The number of hydrogen-bond acceptors (Lipinski definition) is 7. The van der Waals surface area contributed by atoms with Gasteiger partial charge in [-0.2, -0.15) is 10.1 Å². The Morgan fingerprint density at radius 3 is 2.53 bits per heavy atom. The second-order valence-corrected chi connectivity index (χ2v) is 9.82. The molecule has 0 aliphatic heterocycles. The van der Waals surface area contributed by atoms with Crippen molar-refractivity contribution in [2.24, 2.45) is 12.0 Å². The molecule has 1 heterocycles. The highest BCUT2D eigenvalue weighted by atomic mass is 32.2. The fourth-order valence-electron chi connectivity index (χ4n) is 3.33. The van der Waals surface area contributed by atoms with Crippen molar-refractivity contribution in [2.45, 2.75) is 44.2 Å². The van der Waals surface area contributed by atoms with E-state index in [9.17, 15) is 17.6 Å². The van der Waals surface area contributed by atoms with Crippen molar-refractivity contribution in [3.05, 3.63) is 40.8 Å². The Morgan fingerprint density at radius 1 is 1.28 bits per heavy atom. The standard InChI is InChI=1S/C21H30FN5O4S/c1-14(2)18-8-16(22)9-19(21(18)23-13-29)15(3)11-24-32(30,31)20-10-17(27(5)25-20)12-26(4)6-7-28/h8-10,14-15,24,28H,6-7,11-12H2,1-5H3. The average Bonchev–Trinajstić information content (AvgIpc) is 3.08. The van der Waals surface area contributed by atoms with Gasteiger partial charge in [0.05, 0.1) is 18.0 Å². The van der Waals surface area contributed by atoms with Crippen LogP contribution in [0.5, 0.6) is 0 Å². The molecule has 0 radical (unpaired) electrons. The number of isocyanates is 1. The number of aliphatic imine (C=N–C) groups is 1. The maximum Gasteiger partial charge on any atom is 0.259 e. The van der Waals surface area contributed by atoms with Crippen LogP contribution in [-0.4, -0.2) is 61.0 Å². The Hall–Kier alpha value is -2.43. The molecule has 0 aliphatic rings. The summed E-state index contributed by atoms with van der Waals surface area (Å²) in [5.74, 6) is -1.04. The van der Waals surface area contributed by atoms with Gasteiger partial charge in [0.15, 0.2) is 5.03 Å². The first-order valence-corrected chi connectivity index (χ1v) is 11.7. The fourth-order valence-corrected chi connectivity index (χ4v) is 4.47. The number of benzene rings is 1. The van der Waals surface area contributed by atoms with Gasteiger partial charge in [-0.3, -0.25) is 9.58 Å². The van der Waals surface area contributed by atoms with Crippen molar-refractivity contribution in [3.8, 4) is 0 Å². The van der Waals surface area contributed by atoms with Crippen LogP contribution in [0.1, 0.15) is 49.4 Å². The molecular formula is C21H30FN5O4S. The third-order valence-electron chi connectivity index (χ3n) is 5.17. The average molecular weight is 468 g/mol. The minimum absolute atomic E-state index is 0.00626. The lowest BCUT2D eigenvalue weighted by molar-refractivity contribution is 0.214. The minimum Gasteiger partial charge on any atom is -0.395 e. The fraction of sp³-hybridized carbons (Fsp3) is 0.524. The summed E-state index contributed by atoms with van der Waals surface area (Å²) in [7, 11) is -0.473. The van der Waals surface area contributed by atoms with E-state index in [2.05, 4.69) is 14.8 Å². The molecule has 0 saturated heterocycles. The molecule has 1 atom stereocenters. The van der Waals surface area contributed by atoms with Crippen LogP contribution in [0.15, 0.2) is 28.2 Å². The number of aliphatic hydroxyl groups excluding tert-OH is 1. The van der Waals surface area contributed by atoms with Crippen LogP contribution in [0.25, 0.3) is 0 Å². The van der Waals surface area contributed by atoms with Crippen molar-refractivity contribution in [1.29, 1.82) is 0 Å². The zero-order valence-corrected chi connectivity index (χ0v) is 19.8. The molecule has 0 saturated carbocycles. The molecule has 1 aromatic heterocycles. The number of nitrogens with zero attached hydrogens (tertiary/aromatic N) is 4. The van der Waals surface area contributed by atoms with Gasteiger partial charge in [-0.05, 0) is 42.1 Å². The summed E-state index contributed by atoms with van der Waals surface area (Å²) in [5, 5.41) is 13.0. The Bertz CT molecular complexity index is 1090. The van der Waals surface area contributed by atoms with Crippen LogP contribution in [0.4, 0.5) is 10.1 Å². The molecule has 0 aliphatic carbocycles. The predicted octanol–water partition coefficient (Wildman–Crippen LogP) is 2.16. The number of carbonyl (C=O) groups excluding carboxylic acids is 1. The zero-order chi connectivity index (χ0) is 24.1. The molecule has 2 rings (SSSR count). The second kappa shape index (κ2) is 10.9. The van der Waals surface area contributed by atoms with Gasteiger partial charge in [-0.25, -0.2) is 22.3 Å². The Balaban J connectivity index is 2.24. The molecule has 32 heavy (non-hydrogen) atoms. The Labute approximate surface area is 188 Å². The Morgan fingerprint density at radius 2 is 1.94 bits per heavy atom. The lowest BCUT2D eigenvalue weighted by Crippen LogP contribution is -2.28. The van der Waals surface area contributed by atoms with E-state index in [1.54, 1.807) is 21.0 Å². The van der Waals surface area contributed by atoms with Crippen LogP contribution >= 0.6 is 0 Å². The summed E-state index contributed by atoms with van der Waals surface area (Å²) in [6, 6.07) is 4.06. The van der Waals surface area contributed by atoms with Crippen molar-refractivity contribution in [2.75, 3.05) is 26.7 Å². The molecule has 2 aromatic rings. The normalized spacial score (nSPS) is 12.9. The first-order chi connectivity index (χ1) is 15.0. The molecule has 0 spiro atoms. The third-order valence-corrected chi connectivity index (χ3v) is 6.46. The monoisotopic (exact) mass is 467 g/mol. The maximum absolute atomic E-state index is 14.2. The van der Waals surface area contributed by atoms with Crippen LogP contribution in [0.2, 0.25) is 0 Å². The van der Waals surface area contributed by atoms with E-state index in [1.807, 2.05) is 18.7 Å². The number of halogens is 1. The van der Waals surface area contributed by atoms with Crippen molar-refractivity contribution in [1.82, 2.24) is 19.4 Å². The van der Waals surface area contributed by atoms with Crippen LogP contribution in [-0.2, 0) is 28.4 Å².